The number of carboxylic acids is 1. The third-order valence-corrected chi connectivity index (χ3v) is 8.77. The zero-order chi connectivity index (χ0) is 35.6. The summed E-state index contributed by atoms with van der Waals surface area (Å²) in [6, 6.07) is -1.09. The van der Waals surface area contributed by atoms with E-state index in [9.17, 15) is 45.3 Å². The van der Waals surface area contributed by atoms with E-state index in [0.29, 0.717) is 0 Å². The highest BCUT2D eigenvalue weighted by Gasteiger charge is 2.50. The number of fused-ring (bicyclic) bond motifs is 2. The Kier molecular flexibility index (Phi) is 15.1. The van der Waals surface area contributed by atoms with Crippen LogP contribution in [0.5, 0.6) is 0 Å². The smallest absolute Gasteiger partial charge is 0.330 e. The van der Waals surface area contributed by atoms with Crippen molar-refractivity contribution in [3.63, 3.8) is 0 Å². The van der Waals surface area contributed by atoms with Crippen molar-refractivity contribution in [2.45, 2.75) is 126 Å². The largest absolute Gasteiger partial charge is 0.481 e. The molecule has 2 fully saturated rings. The molecule has 0 aliphatic carbocycles. The van der Waals surface area contributed by atoms with Crippen LogP contribution < -0.4 is 5.73 Å². The van der Waals surface area contributed by atoms with Crippen molar-refractivity contribution >= 4 is 11.9 Å². The van der Waals surface area contributed by atoms with Crippen molar-refractivity contribution in [2.75, 3.05) is 0 Å². The van der Waals surface area contributed by atoms with Crippen LogP contribution in [0.25, 0.3) is 0 Å². The molecule has 14 atom stereocenters. The highest BCUT2D eigenvalue weighted by Crippen LogP contribution is 2.38. The van der Waals surface area contributed by atoms with Crippen LogP contribution in [0.2, 0.25) is 0 Å². The second-order valence-electron chi connectivity index (χ2n) is 12.8. The molecule has 3 rings (SSSR count). The fourth-order valence-electron chi connectivity index (χ4n) is 5.87. The minimum atomic E-state index is -2.18. The van der Waals surface area contributed by atoms with Crippen LogP contribution in [-0.4, -0.2) is 121 Å². The Morgan fingerprint density at radius 2 is 1.54 bits per heavy atom. The first-order chi connectivity index (χ1) is 22.6. The third-order valence-electron chi connectivity index (χ3n) is 8.77. The molecule has 0 aromatic carbocycles. The quantitative estimate of drug-likeness (QED) is 0.188. The highest BCUT2D eigenvalue weighted by atomic mass is 16.7. The summed E-state index contributed by atoms with van der Waals surface area (Å²) in [7, 11) is 0. The zero-order valence-corrected chi connectivity index (χ0v) is 27.5. The SMILES string of the molecule is C[C@H]1/C=C/C=C/C=C/C=C/[C@H](O[C@@H]2O[C@H](C)[C@@H](O)[C@H](N)[C@@H]2O)C[C@@H]2O[C@](O)(CC(O)CC(O)C/C=C/C(=O)O[C@@H]1C)C[C@H](O)[C@H]2C(=O)O. The lowest BCUT2D eigenvalue weighted by Crippen LogP contribution is -2.61. The Balaban J connectivity index is 1.92. The van der Waals surface area contributed by atoms with E-state index >= 15 is 0 Å². The number of allylic oxidation sites excluding steroid dienone is 6. The van der Waals surface area contributed by atoms with Crippen molar-refractivity contribution in [1.29, 1.82) is 0 Å². The molecular weight excluding hydrogens is 630 g/mol. The van der Waals surface area contributed by atoms with E-state index < -0.39 is 104 Å². The van der Waals surface area contributed by atoms with Gasteiger partial charge >= 0.3 is 11.9 Å². The van der Waals surface area contributed by atoms with Gasteiger partial charge in [0.15, 0.2) is 12.1 Å². The number of cyclic esters (lactones) is 1. The van der Waals surface area contributed by atoms with E-state index in [2.05, 4.69) is 0 Å². The number of aliphatic hydroxyl groups excluding tert-OH is 5. The van der Waals surface area contributed by atoms with Gasteiger partial charge in [-0.25, -0.2) is 4.79 Å². The predicted molar refractivity (Wildman–Crippen MR) is 172 cm³/mol. The van der Waals surface area contributed by atoms with Gasteiger partial charge in [-0.2, -0.15) is 0 Å². The predicted octanol–water partition coefficient (Wildman–Crippen LogP) is 0.349. The van der Waals surface area contributed by atoms with E-state index in [-0.39, 0.29) is 25.2 Å². The minimum Gasteiger partial charge on any atom is -0.481 e. The number of esters is 1. The normalized spacial score (nSPS) is 45.9. The lowest BCUT2D eigenvalue weighted by molar-refractivity contribution is -0.308. The van der Waals surface area contributed by atoms with Crippen molar-refractivity contribution in [1.82, 2.24) is 0 Å². The molecule has 270 valence electrons. The van der Waals surface area contributed by atoms with Gasteiger partial charge in [-0.15, -0.1) is 0 Å². The van der Waals surface area contributed by atoms with E-state index in [1.807, 2.05) is 13.0 Å². The summed E-state index contributed by atoms with van der Waals surface area (Å²) in [5.41, 5.74) is 5.97. The number of rotatable bonds is 3. The second kappa shape index (κ2) is 18.3. The fourth-order valence-corrected chi connectivity index (χ4v) is 5.87. The van der Waals surface area contributed by atoms with Gasteiger partial charge in [0, 0.05) is 31.3 Å². The topological polar surface area (TPSA) is 239 Å². The summed E-state index contributed by atoms with van der Waals surface area (Å²) in [5.74, 6) is -5.75. The van der Waals surface area contributed by atoms with Crippen LogP contribution in [-0.2, 0) is 28.5 Å². The fraction of sp³-hybridized carbons (Fsp3) is 0.647. The zero-order valence-electron chi connectivity index (χ0n) is 27.5. The van der Waals surface area contributed by atoms with Gasteiger partial charge in [0.2, 0.25) is 0 Å². The van der Waals surface area contributed by atoms with Crippen molar-refractivity contribution in [2.24, 2.45) is 17.6 Å². The van der Waals surface area contributed by atoms with Crippen LogP contribution in [0.15, 0.2) is 60.8 Å². The third kappa shape index (κ3) is 11.7. The van der Waals surface area contributed by atoms with Crippen LogP contribution in [0.4, 0.5) is 0 Å². The summed E-state index contributed by atoms with van der Waals surface area (Å²) in [4.78, 5) is 24.5. The average Bonchev–Trinajstić information content (AvgIpc) is 2.98. The molecule has 0 aromatic rings. The summed E-state index contributed by atoms with van der Waals surface area (Å²) >= 11 is 0. The number of hydrogen-bond acceptors (Lipinski definition) is 13. The van der Waals surface area contributed by atoms with Gasteiger partial charge in [-0.05, 0) is 26.7 Å². The molecule has 0 spiro atoms. The first-order valence-corrected chi connectivity index (χ1v) is 16.3. The van der Waals surface area contributed by atoms with Gasteiger partial charge in [-0.1, -0.05) is 61.6 Å². The Labute approximate surface area is 280 Å². The second-order valence-corrected chi connectivity index (χ2v) is 12.8. The van der Waals surface area contributed by atoms with Gasteiger partial charge in [-0.3, -0.25) is 4.79 Å². The van der Waals surface area contributed by atoms with Gasteiger partial charge < -0.3 is 60.4 Å². The molecule has 3 aliphatic heterocycles. The van der Waals surface area contributed by atoms with E-state index in [1.54, 1.807) is 56.4 Å². The molecule has 0 aromatic heterocycles. The van der Waals surface area contributed by atoms with E-state index in [0.717, 1.165) is 0 Å². The molecule has 2 bridgehead atoms. The Morgan fingerprint density at radius 1 is 0.896 bits per heavy atom. The number of carbonyl (C=O) groups is 2. The summed E-state index contributed by atoms with van der Waals surface area (Å²) in [5, 5.41) is 74.3. The lowest BCUT2D eigenvalue weighted by atomic mass is 9.83. The van der Waals surface area contributed by atoms with Crippen LogP contribution in [0, 0.1) is 11.8 Å². The number of carbonyl (C=O) groups excluding carboxylic acids is 1. The number of nitrogens with two attached hydrogens (primary N) is 1. The molecular formula is C34H51NO13. The summed E-state index contributed by atoms with van der Waals surface area (Å²) in [6.45, 7) is 5.21. The molecule has 3 heterocycles. The number of hydrogen-bond donors (Lipinski definition) is 8. The number of ether oxygens (including phenoxy) is 4. The van der Waals surface area contributed by atoms with Crippen molar-refractivity contribution in [3.05, 3.63) is 60.8 Å². The number of aliphatic carboxylic acids is 1. The van der Waals surface area contributed by atoms with Gasteiger partial charge in [0.25, 0.3) is 0 Å². The van der Waals surface area contributed by atoms with Crippen LogP contribution in [0.1, 0.15) is 52.9 Å². The summed E-state index contributed by atoms with van der Waals surface area (Å²) in [6.07, 6.45) is 3.35. The van der Waals surface area contributed by atoms with E-state index in [1.165, 1.54) is 12.2 Å². The molecule has 9 N–H and O–H groups in total. The number of aliphatic hydroxyl groups is 6. The highest BCUT2D eigenvalue weighted by molar-refractivity contribution is 5.82. The first kappa shape index (κ1) is 39.7. The lowest BCUT2D eigenvalue weighted by Gasteiger charge is -2.45. The maximum atomic E-state index is 12.3. The number of carboxylic acid groups (broad SMARTS) is 1. The molecule has 48 heavy (non-hydrogen) atoms. The maximum absolute atomic E-state index is 12.3. The Hall–Kier alpha value is -2.76. The maximum Gasteiger partial charge on any atom is 0.330 e. The molecule has 14 heteroatoms. The molecule has 2 saturated heterocycles. The molecule has 14 nitrogen and oxygen atoms in total. The Morgan fingerprint density at radius 3 is 2.21 bits per heavy atom. The minimum absolute atomic E-state index is 0.000319. The average molecular weight is 682 g/mol. The van der Waals surface area contributed by atoms with Crippen LogP contribution >= 0.6 is 0 Å². The van der Waals surface area contributed by atoms with Gasteiger partial charge in [0.1, 0.15) is 18.1 Å². The standard InChI is InChI=1S/C34H51NO13/c1-19-11-8-6-4-5-7-9-13-24(47-33-31(41)29(35)30(40)21(3)46-33)16-26-28(32(42)43)25(38)18-34(44,48-26)17-23(37)15-22(36)12-10-14-27(39)45-20(19)2/h4-11,13-14,19-26,28-31,33,36-38,40-41,44H,12,15-18,35H2,1-3H3,(H,42,43)/b6-4+,7-5+,11-8+,13-9+,14-10+/t19-,20+,21+,22?,23?,24-,25-,26-,28+,29-,30+,31-,33-,34+/m0/s1. The molecule has 0 amide bonds. The monoisotopic (exact) mass is 681 g/mol. The van der Waals surface area contributed by atoms with E-state index in [4.69, 9.17) is 24.7 Å². The van der Waals surface area contributed by atoms with Crippen LogP contribution in [0.3, 0.4) is 0 Å². The Bertz CT molecular complexity index is 1200. The van der Waals surface area contributed by atoms with Gasteiger partial charge in [0.05, 0.1) is 48.8 Å². The van der Waals surface area contributed by atoms with Crippen molar-refractivity contribution in [3.8, 4) is 0 Å². The molecule has 3 aliphatic rings. The van der Waals surface area contributed by atoms with Crippen molar-refractivity contribution < 1.29 is 64.3 Å². The first-order valence-electron chi connectivity index (χ1n) is 16.3. The molecule has 0 radical (unpaired) electrons. The molecule has 2 unspecified atom stereocenters. The molecule has 0 saturated carbocycles. The summed E-state index contributed by atoms with van der Waals surface area (Å²) < 4.78 is 23.0.